The molecule has 12 fully saturated rings. The minimum absolute atomic E-state index is 0. The van der Waals surface area contributed by atoms with E-state index in [1.54, 1.807) is 0 Å². The summed E-state index contributed by atoms with van der Waals surface area (Å²) in [5.41, 5.74) is 19.8. The second kappa shape index (κ2) is 23.6. The Labute approximate surface area is 603 Å². The van der Waals surface area contributed by atoms with Gasteiger partial charge in [0.25, 0.3) is 0 Å². The Kier molecular flexibility index (Phi) is 15.2. The Morgan fingerprint density at radius 2 is 0.610 bits per heavy atom. The van der Waals surface area contributed by atoms with Gasteiger partial charge in [-0.15, -0.1) is 71.3 Å². The predicted octanol–water partition coefficient (Wildman–Crippen LogP) is 17.1. The van der Waals surface area contributed by atoms with Crippen LogP contribution < -0.4 is 16.4 Å². The molecule has 12 atom stereocenters. The Morgan fingerprint density at radius 3 is 0.870 bits per heavy atom. The standard InChI is InChI=1S/C87H81B3N3O6.Ir/c1-82(2)58-46-70(82)79-85(7,49-58)97-88(94-79)73-43-52(76-28-16-19-37-91-76)31-34-67(73)64-25-13-10-22-61(64)55-40-56(62-23-11-14-26-65(62)68-35-32-53(77-29-17-20-38-92-77)44-74(68)89-95-80-71-47-59(83(71,3)4)50-86(80,8)98-89)42-57(41-55)63-24-12-15-27-66(63)69-36-33-54(78-30-18-21-39-93-78)45-75(69)90-96-81-72-48-60(84(72,5)6)51-87(81,9)99-90;/h10-30,34-45,58-60,70-72,79-81H,46-51H2,1-9H3;/q-3;+3/t58-,59?,60?,70+,71+,72+,79-,80-,81-,85+,86+,87+;/m1./s1. The molecule has 3 aliphatic heterocycles. The van der Waals surface area contributed by atoms with Crippen LogP contribution in [0.3, 0.4) is 0 Å². The number of hydrogen-bond acceptors (Lipinski definition) is 9. The minimum Gasteiger partial charge on any atom is -0.402 e. The number of nitrogens with zero attached hydrogens (tertiary/aromatic N) is 3. The van der Waals surface area contributed by atoms with Crippen molar-refractivity contribution in [2.45, 2.75) is 136 Å². The molecule has 6 bridgehead atoms. The molecular formula is C87H81B3IrN3O6. The van der Waals surface area contributed by atoms with Crippen molar-refractivity contribution in [3.8, 4) is 101 Å². The molecule has 0 amide bonds. The summed E-state index contributed by atoms with van der Waals surface area (Å²) >= 11 is 0. The van der Waals surface area contributed by atoms with E-state index < -0.39 is 38.2 Å². The van der Waals surface area contributed by atoms with Crippen LogP contribution in [0.5, 0.6) is 0 Å². The largest absolute Gasteiger partial charge is 3.00 e. The molecule has 9 nitrogen and oxygen atoms in total. The van der Waals surface area contributed by atoms with E-state index in [0.717, 1.165) is 136 Å². The summed E-state index contributed by atoms with van der Waals surface area (Å²) in [5.74, 6) is 3.00. The van der Waals surface area contributed by atoms with Crippen LogP contribution in [0.2, 0.25) is 0 Å². The molecule has 6 heterocycles. The molecule has 0 N–H and O–H groups in total. The second-order valence-electron chi connectivity index (χ2n) is 32.9. The van der Waals surface area contributed by atoms with E-state index in [2.05, 4.69) is 226 Å². The van der Waals surface area contributed by atoms with Crippen LogP contribution in [0, 0.1) is 70.0 Å². The number of pyridine rings is 3. The molecule has 12 aliphatic rings. The molecule has 3 saturated heterocycles. The van der Waals surface area contributed by atoms with Gasteiger partial charge in [0, 0.05) is 18.6 Å². The fraction of sp³-hybridized carbons (Fsp3) is 0.345. The van der Waals surface area contributed by atoms with Crippen LogP contribution >= 0.6 is 0 Å². The summed E-state index contributed by atoms with van der Waals surface area (Å²) in [6, 6.07) is 76.2. The van der Waals surface area contributed by atoms with Crippen LogP contribution in [0.15, 0.2) is 201 Å². The molecule has 498 valence electrons. The van der Waals surface area contributed by atoms with E-state index in [1.165, 1.54) is 19.3 Å². The predicted molar refractivity (Wildman–Crippen MR) is 394 cm³/mol. The average Bonchev–Trinajstić information content (AvgIpc) is 1.44. The quantitative estimate of drug-likeness (QED) is 0.0876. The molecule has 3 aromatic heterocycles. The zero-order valence-corrected chi connectivity index (χ0v) is 60.7. The van der Waals surface area contributed by atoms with Gasteiger partial charge < -0.3 is 42.9 Å². The van der Waals surface area contributed by atoms with E-state index in [4.69, 9.17) is 42.9 Å². The van der Waals surface area contributed by atoms with Crippen molar-refractivity contribution in [3.63, 3.8) is 0 Å². The first-order chi connectivity index (χ1) is 47.8. The van der Waals surface area contributed by atoms with Crippen molar-refractivity contribution in [1.29, 1.82) is 0 Å². The van der Waals surface area contributed by atoms with Crippen molar-refractivity contribution < 1.29 is 48.0 Å². The molecule has 22 rings (SSSR count). The summed E-state index contributed by atoms with van der Waals surface area (Å²) < 4.78 is 44.1. The zero-order valence-electron chi connectivity index (χ0n) is 58.3. The van der Waals surface area contributed by atoms with Crippen molar-refractivity contribution in [2.24, 2.45) is 51.8 Å². The van der Waals surface area contributed by atoms with E-state index in [0.29, 0.717) is 35.5 Å². The van der Waals surface area contributed by atoms with E-state index in [1.807, 2.05) is 55.0 Å². The van der Waals surface area contributed by atoms with E-state index >= 15 is 0 Å². The summed E-state index contributed by atoms with van der Waals surface area (Å²) in [7, 11) is -1.85. The maximum Gasteiger partial charge on any atom is 3.00 e. The minimum atomic E-state index is -0.617. The van der Waals surface area contributed by atoms with Gasteiger partial charge in [0.05, 0.1) is 35.1 Å². The zero-order chi connectivity index (χ0) is 67.1. The van der Waals surface area contributed by atoms with Crippen molar-refractivity contribution in [1.82, 2.24) is 15.0 Å². The summed E-state index contributed by atoms with van der Waals surface area (Å²) in [6.45, 7) is 21.4. The number of benzene rings is 7. The molecule has 9 saturated carbocycles. The van der Waals surface area contributed by atoms with Gasteiger partial charge in [-0.2, -0.15) is 0 Å². The van der Waals surface area contributed by atoms with Gasteiger partial charge in [-0.1, -0.05) is 201 Å². The Hall–Kier alpha value is -7.41. The normalized spacial score (nSPS) is 29.5. The van der Waals surface area contributed by atoms with Crippen LogP contribution in [-0.4, -0.2) is 71.4 Å². The molecule has 0 radical (unpaired) electrons. The Bertz CT molecular complexity index is 4390. The maximum atomic E-state index is 7.36. The van der Waals surface area contributed by atoms with Gasteiger partial charge in [-0.25, -0.2) is 0 Å². The fourth-order valence-corrected chi connectivity index (χ4v) is 20.4. The summed E-state index contributed by atoms with van der Waals surface area (Å²) in [5, 5.41) is 0. The Morgan fingerprint density at radius 1 is 0.340 bits per heavy atom. The summed E-state index contributed by atoms with van der Waals surface area (Å²) in [6.07, 6.45) is 11.9. The van der Waals surface area contributed by atoms with Gasteiger partial charge in [0.15, 0.2) is 0 Å². The van der Waals surface area contributed by atoms with Crippen molar-refractivity contribution >= 4 is 37.7 Å². The Balaban J connectivity index is 0.00000720. The summed E-state index contributed by atoms with van der Waals surface area (Å²) in [4.78, 5) is 14.5. The molecule has 0 spiro atoms. The number of hydrogen-bond donors (Lipinski definition) is 0. The molecule has 2 unspecified atom stereocenters. The maximum absolute atomic E-state index is 7.36. The second-order valence-corrected chi connectivity index (χ2v) is 32.9. The van der Waals surface area contributed by atoms with E-state index in [9.17, 15) is 0 Å². The molecular weight excluding hydrogens is 1410 g/mol. The third kappa shape index (κ3) is 10.1. The van der Waals surface area contributed by atoms with Gasteiger partial charge in [0.1, 0.15) is 0 Å². The van der Waals surface area contributed by atoms with Crippen LogP contribution in [0.25, 0.3) is 101 Å². The SMILES string of the molecule is CC1(C)C2C[C@H]1[C@H]1OB(c3cc(-c4ccccn4)[c-]cc3-c3ccccc3-c3cc(-c4ccccc4-c4c[c-]c(-c5ccccn5)cc4B4O[C@@H]5[C@@H]6CC(C[C@]5(C)O4)C6(C)C)cc(-c4ccccc4-c4c[c-]c(-c5ccccn5)cc4B4O[C@@H]5[C@@H]6C[C@H](C[C@]5(C)O4)C6(C)C)c3)O[C@@]1(C)C2.[Ir+3]. The third-order valence-electron chi connectivity index (χ3n) is 26.5. The van der Waals surface area contributed by atoms with Crippen molar-refractivity contribution in [3.05, 3.63) is 219 Å². The first-order valence-corrected chi connectivity index (χ1v) is 36.2. The number of rotatable bonds is 12. The first kappa shape index (κ1) is 64.7. The van der Waals surface area contributed by atoms with Gasteiger partial charge in [-0.05, 0) is 198 Å². The molecule has 13 heteroatoms. The molecule has 9 aliphatic carbocycles. The molecule has 10 aromatic rings. The van der Waals surface area contributed by atoms with Crippen LogP contribution in [0.4, 0.5) is 0 Å². The smallest absolute Gasteiger partial charge is 0.402 e. The van der Waals surface area contributed by atoms with Crippen LogP contribution in [-0.2, 0) is 48.0 Å². The molecule has 7 aromatic carbocycles. The fourth-order valence-electron chi connectivity index (χ4n) is 20.4. The number of aromatic nitrogens is 3. The van der Waals surface area contributed by atoms with Gasteiger partial charge in [0.2, 0.25) is 0 Å². The topological polar surface area (TPSA) is 94.1 Å². The molecule has 100 heavy (non-hydrogen) atoms. The van der Waals surface area contributed by atoms with Gasteiger partial charge >= 0.3 is 41.5 Å². The first-order valence-electron chi connectivity index (χ1n) is 36.2. The van der Waals surface area contributed by atoms with Crippen molar-refractivity contribution in [2.75, 3.05) is 0 Å². The average molecular weight is 1490 g/mol. The van der Waals surface area contributed by atoms with Gasteiger partial charge in [-0.3, -0.25) is 0 Å². The monoisotopic (exact) mass is 1490 g/mol. The van der Waals surface area contributed by atoms with E-state index in [-0.39, 0.29) is 54.7 Å². The van der Waals surface area contributed by atoms with Crippen LogP contribution in [0.1, 0.15) is 101 Å². The third-order valence-corrected chi connectivity index (χ3v) is 26.5.